The van der Waals surface area contributed by atoms with Gasteiger partial charge in [-0.05, 0) is 6.07 Å². The van der Waals surface area contributed by atoms with Gasteiger partial charge in [-0.15, -0.1) is 0 Å². The smallest absolute Gasteiger partial charge is 0.332 e. The van der Waals surface area contributed by atoms with Crippen LogP contribution in [0.4, 0.5) is 0 Å². The molecule has 4 rings (SSSR count). The van der Waals surface area contributed by atoms with Crippen molar-refractivity contribution in [3.63, 3.8) is 0 Å². The molecule has 0 bridgehead atoms. The van der Waals surface area contributed by atoms with Crippen LogP contribution in [0.15, 0.2) is 46.8 Å². The molecule has 0 atom stereocenters. The van der Waals surface area contributed by atoms with Crippen LogP contribution in [0.3, 0.4) is 0 Å². The van der Waals surface area contributed by atoms with E-state index in [1.807, 2.05) is 12.1 Å². The molecule has 10 heteroatoms. The molecule has 0 aliphatic carbocycles. The van der Waals surface area contributed by atoms with Crippen molar-refractivity contribution in [2.24, 2.45) is 14.1 Å². The van der Waals surface area contributed by atoms with Crippen molar-refractivity contribution >= 4 is 28.7 Å². The quantitative estimate of drug-likeness (QED) is 0.534. The highest BCUT2D eigenvalue weighted by Crippen LogP contribution is 2.31. The summed E-state index contributed by atoms with van der Waals surface area (Å²) in [5.74, 6) is -0.652. The van der Waals surface area contributed by atoms with Gasteiger partial charge < -0.3 is 14.2 Å². The normalized spacial score (nSPS) is 13.2. The number of benzene rings is 1. The Labute approximate surface area is 176 Å². The van der Waals surface area contributed by atoms with Gasteiger partial charge in [0.25, 0.3) is 11.5 Å². The van der Waals surface area contributed by atoms with E-state index in [2.05, 4.69) is 11.6 Å². The highest BCUT2D eigenvalue weighted by molar-refractivity contribution is 6.08. The van der Waals surface area contributed by atoms with Crippen molar-refractivity contribution in [3.8, 4) is 0 Å². The Morgan fingerprint density at radius 1 is 1.06 bits per heavy atom. The first-order valence-corrected chi connectivity index (χ1v) is 9.68. The number of esters is 1. The molecule has 1 amide bonds. The summed E-state index contributed by atoms with van der Waals surface area (Å²) in [6.07, 6.45) is 1.45. The molecule has 3 aromatic rings. The summed E-state index contributed by atoms with van der Waals surface area (Å²) in [5, 5.41) is 0. The van der Waals surface area contributed by atoms with Crippen LogP contribution >= 0.6 is 0 Å². The van der Waals surface area contributed by atoms with Crippen LogP contribution in [0, 0.1) is 0 Å². The Hall–Kier alpha value is -3.95. The number of aromatic nitrogens is 4. The fraction of sp³-hybridized carbons (Fsp3) is 0.286. The topological polar surface area (TPSA) is 108 Å². The van der Waals surface area contributed by atoms with Crippen molar-refractivity contribution in [1.29, 1.82) is 0 Å². The van der Waals surface area contributed by atoms with Gasteiger partial charge in [0.15, 0.2) is 11.2 Å². The molecule has 1 aliphatic heterocycles. The van der Waals surface area contributed by atoms with Gasteiger partial charge in [0.2, 0.25) is 0 Å². The second kappa shape index (κ2) is 7.71. The Kier molecular flexibility index (Phi) is 5.05. The van der Waals surface area contributed by atoms with E-state index in [1.165, 1.54) is 29.9 Å². The van der Waals surface area contributed by atoms with Crippen LogP contribution in [-0.2, 0) is 30.2 Å². The molecular weight excluding hydrogens is 402 g/mol. The zero-order chi connectivity index (χ0) is 22.3. The van der Waals surface area contributed by atoms with Crippen LogP contribution in [0.5, 0.6) is 0 Å². The summed E-state index contributed by atoms with van der Waals surface area (Å²) < 4.78 is 9.10. The first kappa shape index (κ1) is 20.3. The highest BCUT2D eigenvalue weighted by Gasteiger charge is 2.30. The second-order valence-corrected chi connectivity index (χ2v) is 7.24. The number of nitrogens with zero attached hydrogens (tertiary/aromatic N) is 5. The molecule has 1 aromatic carbocycles. The SMILES string of the molecule is C=C1c2ccccc2C(=O)N1CCC(=O)OCCn1cnc2c1c(=O)n(C)c(=O)n2C. The van der Waals surface area contributed by atoms with E-state index in [9.17, 15) is 19.2 Å². The minimum Gasteiger partial charge on any atom is -0.464 e. The number of fused-ring (bicyclic) bond motifs is 2. The molecule has 1 aliphatic rings. The minimum atomic E-state index is -0.471. The maximum atomic E-state index is 12.5. The number of hydrogen-bond donors (Lipinski definition) is 0. The van der Waals surface area contributed by atoms with Crippen LogP contribution in [0.1, 0.15) is 22.3 Å². The maximum Gasteiger partial charge on any atom is 0.332 e. The van der Waals surface area contributed by atoms with E-state index < -0.39 is 17.2 Å². The monoisotopic (exact) mass is 423 g/mol. The summed E-state index contributed by atoms with van der Waals surface area (Å²) in [4.78, 5) is 54.6. The number of carbonyl (C=O) groups is 2. The summed E-state index contributed by atoms with van der Waals surface area (Å²) in [7, 11) is 2.93. The summed E-state index contributed by atoms with van der Waals surface area (Å²) in [6.45, 7) is 4.34. The number of aryl methyl sites for hydroxylation is 1. The molecule has 160 valence electrons. The Morgan fingerprint density at radius 2 is 1.77 bits per heavy atom. The van der Waals surface area contributed by atoms with E-state index in [4.69, 9.17) is 4.74 Å². The number of imidazole rings is 1. The molecule has 2 aromatic heterocycles. The predicted octanol–water partition coefficient (Wildman–Crippen LogP) is 0.494. The van der Waals surface area contributed by atoms with Gasteiger partial charge in [0.1, 0.15) is 6.61 Å². The van der Waals surface area contributed by atoms with Crippen molar-refractivity contribution < 1.29 is 14.3 Å². The van der Waals surface area contributed by atoms with Gasteiger partial charge in [-0.25, -0.2) is 9.78 Å². The lowest BCUT2D eigenvalue weighted by Gasteiger charge is -2.16. The number of hydrogen-bond acceptors (Lipinski definition) is 6. The number of carbonyl (C=O) groups excluding carboxylic acids is 2. The van der Waals surface area contributed by atoms with Gasteiger partial charge in [-0.2, -0.15) is 0 Å². The summed E-state index contributed by atoms with van der Waals surface area (Å²) in [6, 6.07) is 7.17. The van der Waals surface area contributed by atoms with Crippen molar-refractivity contribution in [2.45, 2.75) is 13.0 Å². The zero-order valence-electron chi connectivity index (χ0n) is 17.2. The van der Waals surface area contributed by atoms with E-state index >= 15 is 0 Å². The van der Waals surface area contributed by atoms with Gasteiger partial charge >= 0.3 is 11.7 Å². The predicted molar refractivity (Wildman–Crippen MR) is 112 cm³/mol. The summed E-state index contributed by atoms with van der Waals surface area (Å²) >= 11 is 0. The Morgan fingerprint density at radius 3 is 2.48 bits per heavy atom. The third-order valence-electron chi connectivity index (χ3n) is 5.39. The van der Waals surface area contributed by atoms with E-state index in [0.717, 1.165) is 10.1 Å². The highest BCUT2D eigenvalue weighted by atomic mass is 16.5. The largest absolute Gasteiger partial charge is 0.464 e. The zero-order valence-corrected chi connectivity index (χ0v) is 17.2. The fourth-order valence-corrected chi connectivity index (χ4v) is 3.67. The molecular formula is C21H21N5O5. The number of amides is 1. The molecule has 10 nitrogen and oxygen atoms in total. The van der Waals surface area contributed by atoms with Gasteiger partial charge in [0, 0.05) is 37.5 Å². The second-order valence-electron chi connectivity index (χ2n) is 7.24. The van der Waals surface area contributed by atoms with Gasteiger partial charge in [-0.3, -0.25) is 23.5 Å². The van der Waals surface area contributed by atoms with Gasteiger partial charge in [0.05, 0.1) is 19.3 Å². The molecule has 0 radical (unpaired) electrons. The maximum absolute atomic E-state index is 12.5. The van der Waals surface area contributed by atoms with Crippen LogP contribution in [-0.4, -0.2) is 48.6 Å². The minimum absolute atomic E-state index is 0.0136. The van der Waals surface area contributed by atoms with E-state index in [1.54, 1.807) is 16.7 Å². The Bertz CT molecular complexity index is 1310. The third-order valence-corrected chi connectivity index (χ3v) is 5.39. The molecule has 31 heavy (non-hydrogen) atoms. The molecule has 0 N–H and O–H groups in total. The van der Waals surface area contributed by atoms with Gasteiger partial charge in [-0.1, -0.05) is 24.8 Å². The molecule has 0 saturated heterocycles. The lowest BCUT2D eigenvalue weighted by molar-refractivity contribution is -0.144. The average Bonchev–Trinajstić information content (AvgIpc) is 3.29. The van der Waals surface area contributed by atoms with Crippen LogP contribution in [0.25, 0.3) is 16.9 Å². The molecule has 3 heterocycles. The van der Waals surface area contributed by atoms with Crippen molar-refractivity contribution in [1.82, 2.24) is 23.6 Å². The first-order valence-electron chi connectivity index (χ1n) is 9.68. The van der Waals surface area contributed by atoms with E-state index in [-0.39, 0.29) is 43.2 Å². The average molecular weight is 423 g/mol. The molecule has 0 unspecified atom stereocenters. The Balaban J connectivity index is 1.36. The summed E-state index contributed by atoms with van der Waals surface area (Å²) in [5.41, 5.74) is 1.51. The van der Waals surface area contributed by atoms with Crippen molar-refractivity contribution in [3.05, 3.63) is 69.1 Å². The fourth-order valence-electron chi connectivity index (χ4n) is 3.67. The number of ether oxygens (including phenoxy) is 1. The first-order chi connectivity index (χ1) is 14.8. The number of rotatable bonds is 6. The molecule has 0 fully saturated rings. The lowest BCUT2D eigenvalue weighted by atomic mass is 10.1. The standard InChI is InChI=1S/C21H21N5O5/c1-13-14-6-4-5-7-15(14)19(28)26(13)9-8-16(27)31-11-10-25-12-22-18-17(25)20(29)24(3)21(30)23(18)2/h4-7,12H,1,8-11H2,2-3H3. The third kappa shape index (κ3) is 3.35. The van der Waals surface area contributed by atoms with Crippen molar-refractivity contribution in [2.75, 3.05) is 13.2 Å². The molecule has 0 spiro atoms. The van der Waals surface area contributed by atoms with Crippen LogP contribution < -0.4 is 11.2 Å². The van der Waals surface area contributed by atoms with Crippen LogP contribution in [0.2, 0.25) is 0 Å². The molecule has 0 saturated carbocycles. The lowest BCUT2D eigenvalue weighted by Crippen LogP contribution is -2.37. The van der Waals surface area contributed by atoms with E-state index in [0.29, 0.717) is 11.3 Å².